The summed E-state index contributed by atoms with van der Waals surface area (Å²) in [4.78, 5) is 0. The Morgan fingerprint density at radius 1 is 0.292 bits per heavy atom. The lowest BCUT2D eigenvalue weighted by atomic mass is 9.85. The van der Waals surface area contributed by atoms with Crippen LogP contribution in [0, 0.1) is 0 Å². The number of benzene rings is 12. The normalized spacial score (nSPS) is 12.6. The molecule has 0 unspecified atom stereocenters. The molecule has 72 heavy (non-hydrogen) atoms. The van der Waals surface area contributed by atoms with Crippen LogP contribution in [0.1, 0.15) is 0 Å². The van der Waals surface area contributed by atoms with Crippen molar-refractivity contribution in [2.75, 3.05) is 10.6 Å². The van der Waals surface area contributed by atoms with Crippen LogP contribution in [0.2, 0.25) is 39.3 Å². The minimum atomic E-state index is -1.88. The van der Waals surface area contributed by atoms with E-state index in [-0.39, 0.29) is 0 Å². The van der Waals surface area contributed by atoms with Crippen LogP contribution in [-0.4, -0.2) is 16.1 Å². The van der Waals surface area contributed by atoms with E-state index in [2.05, 4.69) is 232 Å². The Balaban J connectivity index is 1.01. The van der Waals surface area contributed by atoms with E-state index in [4.69, 9.17) is 8.83 Å². The highest BCUT2D eigenvalue weighted by Crippen LogP contribution is 2.49. The third kappa shape index (κ3) is 6.49. The average molecular weight is 961 g/mol. The molecule has 14 aromatic rings. The van der Waals surface area contributed by atoms with Gasteiger partial charge < -0.3 is 19.5 Å². The van der Waals surface area contributed by atoms with Crippen LogP contribution in [0.3, 0.4) is 0 Å². The lowest BCUT2D eigenvalue weighted by molar-refractivity contribution is 0.672. The first-order valence-corrected chi connectivity index (χ1v) is 32.2. The third-order valence-electron chi connectivity index (χ3n) is 15.2. The second-order valence-corrected chi connectivity index (χ2v) is 31.8. The molecule has 0 radical (unpaired) electrons. The Kier molecular flexibility index (Phi) is 9.29. The van der Waals surface area contributed by atoms with E-state index in [0.717, 1.165) is 55.9 Å². The standard InChI is InChI=1S/C66H52N2O2Si2/c1-71(2,3)55-37-41-17-13-23-47(59(41)61-51-25-15-27-53(63(51)69-65(55)61)67-43-19-9-7-10-20-43)45-33-29-39-32-36-50-46(34-30-40-31-35-49(45)57(39)58(40)50)48-24-14-18-42-38-56(72(4,5)6)66-62(60(42)48)52-26-16-28-54(64(52)70-66)68-44-21-11-8-12-22-44/h7-38,67-68H,1-6H3. The third-order valence-corrected chi connectivity index (χ3v) is 19.2. The molecule has 0 aliphatic carbocycles. The van der Waals surface area contributed by atoms with Gasteiger partial charge >= 0.3 is 0 Å². The maximum Gasteiger partial charge on any atom is 0.158 e. The number of fused-ring (bicyclic) bond motifs is 10. The van der Waals surface area contributed by atoms with Crippen molar-refractivity contribution in [1.29, 1.82) is 0 Å². The summed E-state index contributed by atoms with van der Waals surface area (Å²) in [6.45, 7) is 14.5. The molecule has 2 N–H and O–H groups in total. The molecule has 0 atom stereocenters. The summed E-state index contributed by atoms with van der Waals surface area (Å²) < 4.78 is 14.3. The van der Waals surface area contributed by atoms with Crippen molar-refractivity contribution in [2.24, 2.45) is 0 Å². The van der Waals surface area contributed by atoms with Gasteiger partial charge in [-0.3, -0.25) is 0 Å². The predicted molar refractivity (Wildman–Crippen MR) is 316 cm³/mol. The van der Waals surface area contributed by atoms with Gasteiger partial charge in [0.1, 0.15) is 11.2 Å². The Morgan fingerprint density at radius 3 is 1.11 bits per heavy atom. The molecule has 0 spiro atoms. The molecule has 0 aliphatic heterocycles. The van der Waals surface area contributed by atoms with E-state index in [1.54, 1.807) is 0 Å². The molecule has 6 heteroatoms. The largest absolute Gasteiger partial charge is 0.454 e. The second kappa shape index (κ2) is 15.7. The number of rotatable bonds is 8. The van der Waals surface area contributed by atoms with E-state index in [0.29, 0.717) is 0 Å². The van der Waals surface area contributed by atoms with Gasteiger partial charge in [0.25, 0.3) is 0 Å². The molecule has 14 rings (SSSR count). The van der Waals surface area contributed by atoms with E-state index < -0.39 is 16.1 Å². The van der Waals surface area contributed by atoms with E-state index in [1.165, 1.54) is 97.3 Å². The molecular formula is C66H52N2O2Si2. The molecule has 0 amide bonds. The predicted octanol–water partition coefficient (Wildman–Crippen LogP) is 18.6. The van der Waals surface area contributed by atoms with Crippen LogP contribution < -0.4 is 21.0 Å². The number of anilines is 4. The van der Waals surface area contributed by atoms with Gasteiger partial charge in [-0.05, 0) is 112 Å². The Bertz CT molecular complexity index is 4230. The topological polar surface area (TPSA) is 50.3 Å². The lowest BCUT2D eigenvalue weighted by Crippen LogP contribution is -2.37. The molecule has 346 valence electrons. The second-order valence-electron chi connectivity index (χ2n) is 21.8. The number of hydrogen-bond acceptors (Lipinski definition) is 4. The minimum Gasteiger partial charge on any atom is -0.454 e. The van der Waals surface area contributed by atoms with Crippen molar-refractivity contribution in [2.45, 2.75) is 39.3 Å². The molecule has 0 saturated carbocycles. The van der Waals surface area contributed by atoms with Gasteiger partial charge in [0, 0.05) is 43.7 Å². The smallest absolute Gasteiger partial charge is 0.158 e. The molecule has 2 aromatic heterocycles. The van der Waals surface area contributed by atoms with Crippen molar-refractivity contribution in [3.63, 3.8) is 0 Å². The SMILES string of the molecule is C[Si](C)(C)c1cc2cccc(-c3ccc4ccc5c(-c6cccc7cc([Si](C)(C)C)c8oc9c(Nc%10ccccc%10)cccc9c8c67)ccc6ccc3c4c65)c2c2c1oc1c(Nc3ccccc3)cccc12. The Labute approximate surface area is 419 Å². The summed E-state index contributed by atoms with van der Waals surface area (Å²) in [6, 6.07) is 71.2. The lowest BCUT2D eigenvalue weighted by Gasteiger charge is -2.21. The van der Waals surface area contributed by atoms with Gasteiger partial charge in [0.05, 0.1) is 27.5 Å². The van der Waals surface area contributed by atoms with Gasteiger partial charge in [-0.15, -0.1) is 0 Å². The summed E-state index contributed by atoms with van der Waals surface area (Å²) in [7, 11) is -3.76. The van der Waals surface area contributed by atoms with Crippen LogP contribution in [-0.2, 0) is 0 Å². The maximum atomic E-state index is 7.14. The zero-order chi connectivity index (χ0) is 48.6. The molecule has 0 aliphatic rings. The number of furan rings is 2. The number of para-hydroxylation sites is 4. The van der Waals surface area contributed by atoms with Crippen molar-refractivity contribution >= 4 is 147 Å². The highest BCUT2D eigenvalue weighted by Gasteiger charge is 2.29. The molecule has 0 saturated heterocycles. The van der Waals surface area contributed by atoms with Crippen LogP contribution in [0.4, 0.5) is 22.7 Å². The van der Waals surface area contributed by atoms with Gasteiger partial charge in [-0.1, -0.05) is 197 Å². The summed E-state index contributed by atoms with van der Waals surface area (Å²) in [5.74, 6) is 0. The van der Waals surface area contributed by atoms with Gasteiger partial charge in [0.2, 0.25) is 0 Å². The Hall–Kier alpha value is -8.17. The fourth-order valence-corrected chi connectivity index (χ4v) is 14.8. The fourth-order valence-electron chi connectivity index (χ4n) is 11.9. The molecule has 4 nitrogen and oxygen atoms in total. The molecular weight excluding hydrogens is 909 g/mol. The van der Waals surface area contributed by atoms with Crippen molar-refractivity contribution < 1.29 is 8.83 Å². The van der Waals surface area contributed by atoms with Gasteiger partial charge in [0.15, 0.2) is 11.2 Å². The van der Waals surface area contributed by atoms with Crippen molar-refractivity contribution in [3.05, 3.63) is 194 Å². The summed E-state index contributed by atoms with van der Waals surface area (Å²) in [6.07, 6.45) is 0. The van der Waals surface area contributed by atoms with Gasteiger partial charge in [-0.2, -0.15) is 0 Å². The van der Waals surface area contributed by atoms with Crippen LogP contribution in [0.5, 0.6) is 0 Å². The minimum absolute atomic E-state index is 0.885. The average Bonchev–Trinajstić information content (AvgIpc) is 3.98. The molecule has 2 heterocycles. The van der Waals surface area contributed by atoms with Crippen molar-refractivity contribution in [3.8, 4) is 22.3 Å². The van der Waals surface area contributed by atoms with Gasteiger partial charge in [-0.25, -0.2) is 0 Å². The molecule has 12 aromatic carbocycles. The maximum absolute atomic E-state index is 7.14. The Morgan fingerprint density at radius 2 is 0.694 bits per heavy atom. The molecule has 0 bridgehead atoms. The first-order valence-electron chi connectivity index (χ1n) is 25.2. The van der Waals surface area contributed by atoms with Crippen LogP contribution >= 0.6 is 0 Å². The highest BCUT2D eigenvalue weighted by molar-refractivity contribution is 6.91. The van der Waals surface area contributed by atoms with E-state index >= 15 is 0 Å². The van der Waals surface area contributed by atoms with Crippen LogP contribution in [0.15, 0.2) is 203 Å². The highest BCUT2D eigenvalue weighted by atomic mass is 28.3. The summed E-state index contributed by atoms with van der Waals surface area (Å²) in [5.41, 5.74) is 12.6. The monoisotopic (exact) mass is 960 g/mol. The molecule has 0 fully saturated rings. The zero-order valence-corrected chi connectivity index (χ0v) is 43.3. The van der Waals surface area contributed by atoms with E-state index in [1.807, 2.05) is 12.1 Å². The van der Waals surface area contributed by atoms with Crippen molar-refractivity contribution in [1.82, 2.24) is 0 Å². The fraction of sp³-hybridized carbons (Fsp3) is 0.0909. The number of nitrogens with one attached hydrogen (secondary N) is 2. The first-order chi connectivity index (χ1) is 35.0. The van der Waals surface area contributed by atoms with E-state index in [9.17, 15) is 0 Å². The van der Waals surface area contributed by atoms with Crippen LogP contribution in [0.25, 0.3) is 120 Å². The zero-order valence-electron chi connectivity index (χ0n) is 41.3. The first kappa shape index (κ1) is 42.7. The summed E-state index contributed by atoms with van der Waals surface area (Å²) in [5, 5.41) is 27.2. The summed E-state index contributed by atoms with van der Waals surface area (Å²) >= 11 is 0. The quantitative estimate of drug-likeness (QED) is 0.118. The number of hydrogen-bond donors (Lipinski definition) is 2.